The number of amides is 1. The third-order valence-electron chi connectivity index (χ3n) is 9.19. The average Bonchev–Trinajstić information content (AvgIpc) is 3.07. The molecule has 0 bridgehead atoms. The van der Waals surface area contributed by atoms with Gasteiger partial charge in [0.1, 0.15) is 29.3 Å². The van der Waals surface area contributed by atoms with Gasteiger partial charge in [-0.25, -0.2) is 31.6 Å². The predicted octanol–water partition coefficient (Wildman–Crippen LogP) is 1.49. The first kappa shape index (κ1) is 36.8. The number of morpholine rings is 2. The maximum atomic E-state index is 13.1. The van der Waals surface area contributed by atoms with Crippen LogP contribution >= 0.6 is 23.2 Å². The van der Waals surface area contributed by atoms with Crippen LogP contribution in [0.1, 0.15) is 31.2 Å². The van der Waals surface area contributed by atoms with Gasteiger partial charge in [-0.3, -0.25) is 0 Å². The van der Waals surface area contributed by atoms with Crippen LogP contribution in [0.3, 0.4) is 0 Å². The van der Waals surface area contributed by atoms with Crippen LogP contribution in [0.2, 0.25) is 10.6 Å². The molecule has 0 unspecified atom stereocenters. The summed E-state index contributed by atoms with van der Waals surface area (Å²) >= 11 is 12.2. The molecule has 276 valence electrons. The highest BCUT2D eigenvalue weighted by Gasteiger charge is 2.51. The number of carbonyl (C=O) groups excluding carboxylic acids is 1. The van der Waals surface area contributed by atoms with Crippen molar-refractivity contribution in [1.82, 2.24) is 24.8 Å². The Labute approximate surface area is 300 Å². The first-order valence-electron chi connectivity index (χ1n) is 16.1. The topological polar surface area (TPSA) is 193 Å². The minimum Gasteiger partial charge on any atom is -0.486 e. The molecule has 0 spiro atoms. The molecule has 2 aromatic heterocycles. The standard InChI is InChI=1S/C18H25ClN4O6S.C11H14ClN3O4S/c1-3-28-17(24)22-6-4-18(5-7-22,30(2,25)26)14-13-15(21-16(19)20-14)23-8-9-27-10-12(23)11-29-13;1-20(16,17)6-8-9-10(14-11(12)13-8)15-2-3-18-4-7(15)5-19-9/h12H,3-11H2,1-2H3;7H,2-6H2,1H3/t12-;7-/m00/s1. The minimum absolute atomic E-state index is 0.00934. The largest absolute Gasteiger partial charge is 0.486 e. The molecular weight excluding hydrogens is 741 g/mol. The van der Waals surface area contributed by atoms with Crippen LogP contribution in [0.5, 0.6) is 11.5 Å². The highest BCUT2D eigenvalue weighted by Crippen LogP contribution is 2.48. The lowest BCUT2D eigenvalue weighted by Gasteiger charge is -2.44. The summed E-state index contributed by atoms with van der Waals surface area (Å²) in [7, 11) is -6.86. The molecule has 0 radical (unpaired) electrons. The fourth-order valence-corrected chi connectivity index (χ4v) is 9.20. The van der Waals surface area contributed by atoms with Crippen molar-refractivity contribution >= 4 is 60.6 Å². The number of ether oxygens (including phenoxy) is 5. The fraction of sp³-hybridized carbons (Fsp3) is 0.690. The van der Waals surface area contributed by atoms with Gasteiger partial charge in [0.2, 0.25) is 10.6 Å². The molecule has 7 rings (SSSR count). The zero-order chi connectivity index (χ0) is 35.8. The second-order valence-electron chi connectivity index (χ2n) is 12.6. The van der Waals surface area contributed by atoms with Crippen LogP contribution in [0.15, 0.2) is 0 Å². The highest BCUT2D eigenvalue weighted by molar-refractivity contribution is 7.91. The number of hydrogen-bond acceptors (Lipinski definition) is 16. The molecule has 3 fully saturated rings. The molecule has 3 saturated heterocycles. The van der Waals surface area contributed by atoms with E-state index in [1.807, 2.05) is 9.80 Å². The summed E-state index contributed by atoms with van der Waals surface area (Å²) in [6.07, 6.45) is 2.22. The van der Waals surface area contributed by atoms with E-state index in [4.69, 9.17) is 46.9 Å². The van der Waals surface area contributed by atoms with Gasteiger partial charge in [-0.2, -0.15) is 9.97 Å². The molecule has 2 aromatic rings. The van der Waals surface area contributed by atoms with E-state index in [1.165, 1.54) is 11.2 Å². The Hall–Kier alpha value is -2.97. The van der Waals surface area contributed by atoms with E-state index in [2.05, 4.69) is 19.9 Å². The number of rotatable bonds is 5. The molecule has 17 nitrogen and oxygen atoms in total. The van der Waals surface area contributed by atoms with Crippen LogP contribution in [0.4, 0.5) is 16.4 Å². The molecular formula is C29H39Cl2N7O10S2. The number of piperidine rings is 1. The van der Waals surface area contributed by atoms with Gasteiger partial charge in [0.25, 0.3) is 0 Å². The molecule has 2 atom stereocenters. The summed E-state index contributed by atoms with van der Waals surface area (Å²) < 4.78 is 75.4. The van der Waals surface area contributed by atoms with Crippen molar-refractivity contribution in [2.24, 2.45) is 0 Å². The normalized spacial score (nSPS) is 22.7. The van der Waals surface area contributed by atoms with Crippen molar-refractivity contribution < 1.29 is 45.3 Å². The van der Waals surface area contributed by atoms with Gasteiger partial charge in [0, 0.05) is 38.7 Å². The summed E-state index contributed by atoms with van der Waals surface area (Å²) in [4.78, 5) is 34.6. The molecule has 0 aromatic carbocycles. The quantitative estimate of drug-likeness (QED) is 0.396. The van der Waals surface area contributed by atoms with E-state index >= 15 is 0 Å². The third kappa shape index (κ3) is 7.48. The average molecular weight is 781 g/mol. The van der Waals surface area contributed by atoms with E-state index in [9.17, 15) is 21.6 Å². The molecule has 1 amide bonds. The summed E-state index contributed by atoms with van der Waals surface area (Å²) in [5, 5.41) is -0.00604. The number of hydrogen-bond donors (Lipinski definition) is 0. The van der Waals surface area contributed by atoms with Crippen LogP contribution in [0.25, 0.3) is 0 Å². The van der Waals surface area contributed by atoms with E-state index in [1.54, 1.807) is 6.92 Å². The Morgan fingerprint density at radius 1 is 0.820 bits per heavy atom. The van der Waals surface area contributed by atoms with E-state index in [-0.39, 0.29) is 66.6 Å². The van der Waals surface area contributed by atoms with Gasteiger partial charge >= 0.3 is 6.09 Å². The minimum atomic E-state index is -3.63. The first-order valence-corrected chi connectivity index (χ1v) is 20.8. The van der Waals surface area contributed by atoms with E-state index in [0.717, 1.165) is 6.26 Å². The number of carbonyl (C=O) groups is 1. The van der Waals surface area contributed by atoms with E-state index < -0.39 is 30.5 Å². The SMILES string of the molecule is CCOC(=O)N1CCC(c2nc(Cl)nc3c2OC[C@@H]2COCCN32)(S(C)(=O)=O)CC1.CS(=O)(=O)Cc1nc(Cl)nc2c1OC[C@@H]1COCCN21. The van der Waals surface area contributed by atoms with Gasteiger partial charge in [-0.05, 0) is 43.0 Å². The lowest BCUT2D eigenvalue weighted by molar-refractivity contribution is 0.0685. The lowest BCUT2D eigenvalue weighted by atomic mass is 9.91. The Morgan fingerprint density at radius 2 is 1.36 bits per heavy atom. The van der Waals surface area contributed by atoms with Crippen LogP contribution in [0, 0.1) is 0 Å². The van der Waals surface area contributed by atoms with Gasteiger partial charge in [0.15, 0.2) is 42.8 Å². The summed E-state index contributed by atoms with van der Waals surface area (Å²) in [6, 6.07) is 0.0678. The fourth-order valence-electron chi connectivity index (χ4n) is 6.74. The smallest absolute Gasteiger partial charge is 0.409 e. The molecule has 0 aliphatic carbocycles. The molecule has 0 N–H and O–H groups in total. The molecule has 50 heavy (non-hydrogen) atoms. The lowest BCUT2D eigenvalue weighted by Crippen LogP contribution is -2.53. The molecule has 0 saturated carbocycles. The van der Waals surface area contributed by atoms with Crippen molar-refractivity contribution in [2.45, 2.75) is 42.3 Å². The van der Waals surface area contributed by atoms with Crippen molar-refractivity contribution in [1.29, 1.82) is 0 Å². The monoisotopic (exact) mass is 779 g/mol. The van der Waals surface area contributed by atoms with Crippen LogP contribution < -0.4 is 19.3 Å². The van der Waals surface area contributed by atoms with Gasteiger partial charge in [-0.15, -0.1) is 0 Å². The van der Waals surface area contributed by atoms with E-state index in [0.29, 0.717) is 81.6 Å². The van der Waals surface area contributed by atoms with Crippen LogP contribution in [-0.2, 0) is 44.4 Å². The molecule has 5 aliphatic rings. The van der Waals surface area contributed by atoms with Gasteiger partial charge in [0.05, 0.1) is 50.9 Å². The third-order valence-corrected chi connectivity index (χ3v) is 12.3. The Balaban J connectivity index is 0.000000187. The number of sulfone groups is 2. The maximum absolute atomic E-state index is 13.1. The van der Waals surface area contributed by atoms with Gasteiger partial charge in [-0.1, -0.05) is 0 Å². The summed E-state index contributed by atoms with van der Waals surface area (Å²) in [5.74, 6) is 1.61. The number of anilines is 2. The zero-order valence-corrected chi connectivity index (χ0v) is 31.0. The van der Waals surface area contributed by atoms with Crippen molar-refractivity contribution in [2.75, 3.05) is 94.7 Å². The maximum Gasteiger partial charge on any atom is 0.409 e. The second kappa shape index (κ2) is 14.6. The Morgan fingerprint density at radius 3 is 1.90 bits per heavy atom. The highest BCUT2D eigenvalue weighted by atomic mass is 35.5. The number of nitrogens with zero attached hydrogens (tertiary/aromatic N) is 7. The number of aromatic nitrogens is 4. The Kier molecular flexibility index (Phi) is 10.7. The number of likely N-dealkylation sites (tertiary alicyclic amines) is 1. The molecule has 7 heterocycles. The van der Waals surface area contributed by atoms with Crippen molar-refractivity contribution in [3.05, 3.63) is 22.0 Å². The van der Waals surface area contributed by atoms with Crippen molar-refractivity contribution in [3.8, 4) is 11.5 Å². The molecule has 21 heteroatoms. The summed E-state index contributed by atoms with van der Waals surface area (Å²) in [6.45, 7) is 6.69. The van der Waals surface area contributed by atoms with Gasteiger partial charge < -0.3 is 38.4 Å². The predicted molar refractivity (Wildman–Crippen MR) is 182 cm³/mol. The number of halogens is 2. The zero-order valence-electron chi connectivity index (χ0n) is 27.8. The Bertz CT molecular complexity index is 1830. The first-order chi connectivity index (χ1) is 23.7. The number of fused-ring (bicyclic) bond motifs is 6. The second-order valence-corrected chi connectivity index (χ2v) is 17.7. The van der Waals surface area contributed by atoms with Crippen LogP contribution in [-0.4, -0.2) is 145 Å². The van der Waals surface area contributed by atoms with Crippen molar-refractivity contribution in [3.63, 3.8) is 0 Å². The molecule has 5 aliphatic heterocycles. The summed E-state index contributed by atoms with van der Waals surface area (Å²) in [5.41, 5.74) is 0.584.